The Morgan fingerprint density at radius 2 is 1.11 bits per heavy atom. The topological polar surface area (TPSA) is 99.5 Å². The molecule has 7 nitrogen and oxygen atoms in total. The summed E-state index contributed by atoms with van der Waals surface area (Å²) in [7, 11) is -4.19. The molecule has 0 bridgehead atoms. The monoisotopic (exact) mass is 425 g/mol. The molecule has 0 rings (SSSR count). The zero-order valence-corrected chi connectivity index (χ0v) is 18.8. The van der Waals surface area contributed by atoms with Gasteiger partial charge in [-0.25, -0.2) is 4.57 Å². The van der Waals surface area contributed by atoms with Crippen molar-refractivity contribution in [2.24, 2.45) is 0 Å². The zero-order chi connectivity index (χ0) is 20.9. The third-order valence-electron chi connectivity index (χ3n) is 4.67. The van der Waals surface area contributed by atoms with Gasteiger partial charge in [0.25, 0.3) is 0 Å². The van der Waals surface area contributed by atoms with Gasteiger partial charge in [0.05, 0.1) is 19.8 Å². The lowest BCUT2D eigenvalue weighted by atomic mass is 10.0. The van der Waals surface area contributed by atoms with Crippen molar-refractivity contribution in [1.29, 1.82) is 0 Å². The molecule has 0 saturated carbocycles. The molecule has 0 fully saturated rings. The molecule has 1 unspecified atom stereocenters. The first kappa shape index (κ1) is 28.0. The molecule has 0 radical (unpaired) electrons. The first-order valence-electron chi connectivity index (χ1n) is 11.2. The SMILES string of the molecule is CCCCCCCCCCCCCCCCOP(=O)(O)ON(CCO)CCO. The van der Waals surface area contributed by atoms with Crippen LogP contribution >= 0.6 is 7.82 Å². The number of unbranched alkanes of at least 4 members (excludes halogenated alkanes) is 13. The van der Waals surface area contributed by atoms with Crippen molar-refractivity contribution in [1.82, 2.24) is 5.06 Å². The van der Waals surface area contributed by atoms with E-state index in [2.05, 4.69) is 6.92 Å². The van der Waals surface area contributed by atoms with Gasteiger partial charge in [-0.05, 0) is 6.42 Å². The molecule has 0 aromatic carbocycles. The highest BCUT2D eigenvalue weighted by Crippen LogP contribution is 2.44. The van der Waals surface area contributed by atoms with Crippen LogP contribution in [0.15, 0.2) is 0 Å². The number of aliphatic hydroxyl groups is 2. The highest BCUT2D eigenvalue weighted by Gasteiger charge is 2.25. The summed E-state index contributed by atoms with van der Waals surface area (Å²) < 4.78 is 21.6. The minimum atomic E-state index is -4.19. The van der Waals surface area contributed by atoms with Gasteiger partial charge >= 0.3 is 7.82 Å². The van der Waals surface area contributed by atoms with E-state index in [0.29, 0.717) is 6.42 Å². The highest BCUT2D eigenvalue weighted by molar-refractivity contribution is 7.47. The van der Waals surface area contributed by atoms with Crippen LogP contribution < -0.4 is 0 Å². The maximum Gasteiger partial charge on any atom is 0.489 e. The summed E-state index contributed by atoms with van der Waals surface area (Å²) in [4.78, 5) is 9.65. The normalized spacial score (nSPS) is 13.9. The molecule has 0 aliphatic carbocycles. The van der Waals surface area contributed by atoms with E-state index in [1.165, 1.54) is 70.6 Å². The maximum atomic E-state index is 11.8. The molecule has 0 spiro atoms. The number of nitrogens with zero attached hydrogens (tertiary/aromatic N) is 1. The summed E-state index contributed by atoms with van der Waals surface area (Å²) >= 11 is 0. The quantitative estimate of drug-likeness (QED) is 0.130. The molecule has 0 heterocycles. The number of hydroxylamine groups is 2. The molecule has 0 aliphatic rings. The molecule has 0 aliphatic heterocycles. The number of hydrogen-bond acceptors (Lipinski definition) is 6. The smallest absolute Gasteiger partial charge is 0.395 e. The Morgan fingerprint density at radius 1 is 0.714 bits per heavy atom. The number of aliphatic hydroxyl groups excluding tert-OH is 2. The van der Waals surface area contributed by atoms with Gasteiger partial charge < -0.3 is 15.1 Å². The number of phosphoric ester groups is 1. The minimum Gasteiger partial charge on any atom is -0.395 e. The fourth-order valence-electron chi connectivity index (χ4n) is 3.06. The molecule has 0 aromatic heterocycles. The Bertz CT molecular complexity index is 367. The van der Waals surface area contributed by atoms with E-state index in [1.807, 2.05) is 0 Å². The minimum absolute atomic E-state index is 0.0350. The lowest BCUT2D eigenvalue weighted by Gasteiger charge is -2.22. The van der Waals surface area contributed by atoms with Gasteiger partial charge in [0.2, 0.25) is 0 Å². The maximum absolute atomic E-state index is 11.8. The van der Waals surface area contributed by atoms with Crippen molar-refractivity contribution < 1.29 is 28.8 Å². The average molecular weight is 426 g/mol. The van der Waals surface area contributed by atoms with Crippen molar-refractivity contribution in [2.75, 3.05) is 32.9 Å². The summed E-state index contributed by atoms with van der Waals surface area (Å²) in [6.07, 6.45) is 17.5. The Morgan fingerprint density at radius 3 is 1.50 bits per heavy atom. The van der Waals surface area contributed by atoms with E-state index in [0.717, 1.165) is 17.9 Å². The second kappa shape index (κ2) is 20.3. The van der Waals surface area contributed by atoms with Gasteiger partial charge in [-0.3, -0.25) is 4.52 Å². The number of hydrogen-bond donors (Lipinski definition) is 3. The van der Waals surface area contributed by atoms with E-state index in [4.69, 9.17) is 19.4 Å². The van der Waals surface area contributed by atoms with Crippen LogP contribution in [0.2, 0.25) is 0 Å². The van der Waals surface area contributed by atoms with E-state index in [-0.39, 0.29) is 32.9 Å². The van der Waals surface area contributed by atoms with Gasteiger partial charge in [0.15, 0.2) is 0 Å². The first-order chi connectivity index (χ1) is 13.6. The Kier molecular flexibility index (Phi) is 20.3. The van der Waals surface area contributed by atoms with E-state index >= 15 is 0 Å². The predicted octanol–water partition coefficient (Wildman–Crippen LogP) is 4.80. The fraction of sp³-hybridized carbons (Fsp3) is 1.00. The molecule has 28 heavy (non-hydrogen) atoms. The third-order valence-corrected chi connectivity index (χ3v) is 5.62. The highest BCUT2D eigenvalue weighted by atomic mass is 31.2. The van der Waals surface area contributed by atoms with Crippen LogP contribution in [0.5, 0.6) is 0 Å². The van der Waals surface area contributed by atoms with Crippen LogP contribution in [0, 0.1) is 0 Å². The van der Waals surface area contributed by atoms with E-state index in [1.54, 1.807) is 0 Å². The summed E-state index contributed by atoms with van der Waals surface area (Å²) in [6.45, 7) is 2.01. The van der Waals surface area contributed by atoms with E-state index < -0.39 is 7.82 Å². The van der Waals surface area contributed by atoms with Crippen LogP contribution in [0.1, 0.15) is 96.8 Å². The summed E-state index contributed by atoms with van der Waals surface area (Å²) in [5, 5.41) is 18.8. The molecular formula is C20H44NO6P. The Balaban J connectivity index is 3.45. The second-order valence-corrected chi connectivity index (χ2v) is 8.71. The molecule has 0 saturated heterocycles. The van der Waals surface area contributed by atoms with Crippen LogP contribution in [0.25, 0.3) is 0 Å². The van der Waals surface area contributed by atoms with Gasteiger partial charge in [0, 0.05) is 13.1 Å². The van der Waals surface area contributed by atoms with Crippen LogP contribution in [0.4, 0.5) is 0 Å². The fourth-order valence-corrected chi connectivity index (χ4v) is 3.92. The summed E-state index contributed by atoms with van der Waals surface area (Å²) in [6, 6.07) is 0. The molecule has 8 heteroatoms. The predicted molar refractivity (Wildman–Crippen MR) is 113 cm³/mol. The number of rotatable bonds is 22. The zero-order valence-electron chi connectivity index (χ0n) is 17.9. The average Bonchev–Trinajstić information content (AvgIpc) is 2.65. The molecule has 3 N–H and O–H groups in total. The molecule has 1 atom stereocenters. The lowest BCUT2D eigenvalue weighted by Crippen LogP contribution is -2.29. The van der Waals surface area contributed by atoms with Crippen LogP contribution in [0.3, 0.4) is 0 Å². The van der Waals surface area contributed by atoms with Gasteiger partial charge in [-0.1, -0.05) is 90.4 Å². The van der Waals surface area contributed by atoms with Crippen LogP contribution in [-0.4, -0.2) is 53.1 Å². The van der Waals surface area contributed by atoms with Crippen molar-refractivity contribution in [2.45, 2.75) is 96.8 Å². The number of phosphoric acid groups is 1. The third kappa shape index (κ3) is 19.3. The van der Waals surface area contributed by atoms with Gasteiger partial charge in [-0.15, -0.1) is 0 Å². The van der Waals surface area contributed by atoms with E-state index in [9.17, 15) is 9.46 Å². The first-order valence-corrected chi connectivity index (χ1v) is 12.7. The van der Waals surface area contributed by atoms with Crippen molar-refractivity contribution >= 4 is 7.82 Å². The van der Waals surface area contributed by atoms with Crippen molar-refractivity contribution in [3.63, 3.8) is 0 Å². The van der Waals surface area contributed by atoms with Crippen LogP contribution in [-0.2, 0) is 13.7 Å². The van der Waals surface area contributed by atoms with Gasteiger partial charge in [-0.2, -0.15) is 9.69 Å². The summed E-state index contributed by atoms with van der Waals surface area (Å²) in [5.41, 5.74) is 0. The van der Waals surface area contributed by atoms with Gasteiger partial charge in [0.1, 0.15) is 0 Å². The molecule has 170 valence electrons. The molecular weight excluding hydrogens is 381 g/mol. The molecule has 0 aromatic rings. The Hall–Kier alpha value is -0.0100. The van der Waals surface area contributed by atoms with Crippen molar-refractivity contribution in [3.05, 3.63) is 0 Å². The lowest BCUT2D eigenvalue weighted by molar-refractivity contribution is -0.100. The summed E-state index contributed by atoms with van der Waals surface area (Å²) in [5.74, 6) is 0. The Labute approximate surface area is 172 Å². The van der Waals surface area contributed by atoms with Crippen molar-refractivity contribution in [3.8, 4) is 0 Å². The largest absolute Gasteiger partial charge is 0.489 e. The molecule has 0 amide bonds. The second-order valence-electron chi connectivity index (χ2n) is 7.36. The standard InChI is InChI=1S/C20H44NO6P/c1-2-3-4-5-6-7-8-9-10-11-12-13-14-15-20-26-28(24,25)27-21(16-18-22)17-19-23/h22-23H,2-20H2,1H3,(H,24,25).